The maximum atomic E-state index is 12.8. The maximum Gasteiger partial charge on any atom is 0.335 e. The third-order valence-corrected chi connectivity index (χ3v) is 4.77. The Labute approximate surface area is 166 Å². The van der Waals surface area contributed by atoms with Gasteiger partial charge >= 0.3 is 6.03 Å². The minimum Gasteiger partial charge on any atom is -0.496 e. The number of carbonyl (C=O) groups is 3. The van der Waals surface area contributed by atoms with Gasteiger partial charge in [-0.2, -0.15) is 0 Å². The first-order valence-corrected chi connectivity index (χ1v) is 9.00. The van der Waals surface area contributed by atoms with E-state index in [1.807, 2.05) is 0 Å². The van der Waals surface area contributed by atoms with Gasteiger partial charge in [0.1, 0.15) is 11.3 Å². The topological polar surface area (TPSA) is 75.7 Å². The van der Waals surface area contributed by atoms with Crippen molar-refractivity contribution >= 4 is 61.5 Å². The smallest absolute Gasteiger partial charge is 0.335 e. The third kappa shape index (κ3) is 3.56. The second kappa shape index (κ2) is 7.43. The van der Waals surface area contributed by atoms with Gasteiger partial charge in [0, 0.05) is 4.47 Å². The quantitative estimate of drug-likeness (QED) is 0.535. The van der Waals surface area contributed by atoms with Gasteiger partial charge in [0.2, 0.25) is 0 Å². The van der Waals surface area contributed by atoms with E-state index in [0.29, 0.717) is 25.9 Å². The highest BCUT2D eigenvalue weighted by molar-refractivity contribution is 9.10. The fraction of sp³-hybridized carbons (Fsp3) is 0.0556. The van der Waals surface area contributed by atoms with E-state index in [1.165, 1.54) is 13.2 Å². The number of rotatable bonds is 3. The molecule has 1 saturated heterocycles. The molecule has 1 fully saturated rings. The van der Waals surface area contributed by atoms with Crippen LogP contribution >= 0.6 is 31.9 Å². The third-order valence-electron chi connectivity index (χ3n) is 3.65. The summed E-state index contributed by atoms with van der Waals surface area (Å²) in [6.45, 7) is 0. The van der Waals surface area contributed by atoms with Gasteiger partial charge in [-0.25, -0.2) is 9.69 Å². The van der Waals surface area contributed by atoms with Crippen LogP contribution in [0.15, 0.2) is 57.0 Å². The van der Waals surface area contributed by atoms with Crippen LogP contribution in [0.1, 0.15) is 5.56 Å². The summed E-state index contributed by atoms with van der Waals surface area (Å²) in [7, 11) is 1.54. The second-order valence-corrected chi connectivity index (χ2v) is 7.10. The van der Waals surface area contributed by atoms with Crippen molar-refractivity contribution in [2.24, 2.45) is 0 Å². The van der Waals surface area contributed by atoms with Crippen molar-refractivity contribution in [3.8, 4) is 5.75 Å². The predicted octanol–water partition coefficient (Wildman–Crippen LogP) is 3.89. The van der Waals surface area contributed by atoms with Crippen molar-refractivity contribution in [2.45, 2.75) is 0 Å². The number of methoxy groups -OCH3 is 1. The molecule has 8 heteroatoms. The molecule has 0 unspecified atom stereocenters. The lowest BCUT2D eigenvalue weighted by Gasteiger charge is -2.26. The Hall–Kier alpha value is -2.45. The summed E-state index contributed by atoms with van der Waals surface area (Å²) < 4.78 is 6.55. The maximum absolute atomic E-state index is 12.8. The van der Waals surface area contributed by atoms with E-state index >= 15 is 0 Å². The Bertz CT molecular complexity index is 956. The molecule has 3 rings (SSSR count). The first-order chi connectivity index (χ1) is 12.4. The SMILES string of the molecule is COc1ccc(/C=C2\C(=O)NC(=O)N(c3cccc(Br)c3)C2=O)cc1Br. The number of barbiturate groups is 1. The molecule has 132 valence electrons. The van der Waals surface area contributed by atoms with Crippen molar-refractivity contribution < 1.29 is 19.1 Å². The van der Waals surface area contributed by atoms with Crippen molar-refractivity contribution in [3.63, 3.8) is 0 Å². The molecule has 0 saturated carbocycles. The van der Waals surface area contributed by atoms with Crippen LogP contribution in [0.2, 0.25) is 0 Å². The number of benzene rings is 2. The molecule has 0 radical (unpaired) electrons. The first kappa shape index (κ1) is 18.3. The van der Waals surface area contributed by atoms with Crippen molar-refractivity contribution in [1.29, 1.82) is 0 Å². The summed E-state index contributed by atoms with van der Waals surface area (Å²) in [5.41, 5.74) is 0.831. The average molecular weight is 480 g/mol. The monoisotopic (exact) mass is 478 g/mol. The molecule has 2 aromatic carbocycles. The summed E-state index contributed by atoms with van der Waals surface area (Å²) in [6, 6.07) is 11.0. The minimum absolute atomic E-state index is 0.137. The molecule has 0 atom stereocenters. The van der Waals surface area contributed by atoms with Crippen LogP contribution in [-0.2, 0) is 9.59 Å². The highest BCUT2D eigenvalue weighted by atomic mass is 79.9. The molecule has 6 nitrogen and oxygen atoms in total. The lowest BCUT2D eigenvalue weighted by molar-refractivity contribution is -0.122. The lowest BCUT2D eigenvalue weighted by atomic mass is 10.1. The Morgan fingerprint density at radius 2 is 1.85 bits per heavy atom. The lowest BCUT2D eigenvalue weighted by Crippen LogP contribution is -2.54. The number of nitrogens with zero attached hydrogens (tertiary/aromatic N) is 1. The standard InChI is InChI=1S/C18H12Br2N2O4/c1-26-15-6-5-10(8-14(15)20)7-13-16(23)21-18(25)22(17(13)24)12-4-2-3-11(19)9-12/h2-9H,1H3,(H,21,23,25)/b13-7+. The van der Waals surface area contributed by atoms with Gasteiger partial charge in [-0.3, -0.25) is 14.9 Å². The Morgan fingerprint density at radius 3 is 2.50 bits per heavy atom. The zero-order valence-electron chi connectivity index (χ0n) is 13.5. The molecule has 0 aromatic heterocycles. The fourth-order valence-corrected chi connectivity index (χ4v) is 3.39. The number of ether oxygens (including phenoxy) is 1. The minimum atomic E-state index is -0.786. The van der Waals surface area contributed by atoms with E-state index in [4.69, 9.17) is 4.74 Å². The number of hydrogen-bond donors (Lipinski definition) is 1. The second-order valence-electron chi connectivity index (χ2n) is 5.33. The van der Waals surface area contributed by atoms with E-state index in [9.17, 15) is 14.4 Å². The van der Waals surface area contributed by atoms with Gasteiger partial charge in [-0.15, -0.1) is 0 Å². The van der Waals surface area contributed by atoms with Crippen LogP contribution in [0, 0.1) is 0 Å². The number of hydrogen-bond acceptors (Lipinski definition) is 4. The number of urea groups is 1. The van der Waals surface area contributed by atoms with Gasteiger partial charge in [0.05, 0.1) is 17.3 Å². The molecule has 0 bridgehead atoms. The van der Waals surface area contributed by atoms with Gasteiger partial charge in [0.15, 0.2) is 0 Å². The number of amides is 4. The van der Waals surface area contributed by atoms with E-state index in [0.717, 1.165) is 4.90 Å². The molecule has 1 aliphatic heterocycles. The van der Waals surface area contributed by atoms with Crippen molar-refractivity contribution in [1.82, 2.24) is 5.32 Å². The molecule has 1 heterocycles. The van der Waals surface area contributed by atoms with E-state index in [1.54, 1.807) is 42.5 Å². The van der Waals surface area contributed by atoms with E-state index < -0.39 is 17.8 Å². The fourth-order valence-electron chi connectivity index (χ4n) is 2.45. The van der Waals surface area contributed by atoms with Crippen LogP contribution in [0.3, 0.4) is 0 Å². The largest absolute Gasteiger partial charge is 0.496 e. The molecular weight excluding hydrogens is 468 g/mol. The summed E-state index contributed by atoms with van der Waals surface area (Å²) >= 11 is 6.66. The number of imide groups is 2. The molecule has 0 spiro atoms. The van der Waals surface area contributed by atoms with Gasteiger partial charge < -0.3 is 4.74 Å². The first-order valence-electron chi connectivity index (χ1n) is 7.41. The van der Waals surface area contributed by atoms with Crippen LogP contribution in [0.25, 0.3) is 6.08 Å². The summed E-state index contributed by atoms with van der Waals surface area (Å²) in [5.74, 6) is -0.806. The predicted molar refractivity (Wildman–Crippen MR) is 104 cm³/mol. The zero-order chi connectivity index (χ0) is 18.8. The number of anilines is 1. The Kier molecular flexibility index (Phi) is 5.24. The van der Waals surface area contributed by atoms with E-state index in [2.05, 4.69) is 37.2 Å². The normalized spacial score (nSPS) is 16.0. The Balaban J connectivity index is 2.01. The van der Waals surface area contributed by atoms with Crippen molar-refractivity contribution in [3.05, 3.63) is 62.5 Å². The molecule has 1 N–H and O–H groups in total. The molecule has 2 aromatic rings. The van der Waals surface area contributed by atoms with Gasteiger partial charge in [-0.1, -0.05) is 28.1 Å². The highest BCUT2D eigenvalue weighted by Crippen LogP contribution is 2.28. The highest BCUT2D eigenvalue weighted by Gasteiger charge is 2.36. The molecule has 0 aliphatic carbocycles. The van der Waals surface area contributed by atoms with E-state index in [-0.39, 0.29) is 5.57 Å². The van der Waals surface area contributed by atoms with Crippen LogP contribution in [-0.4, -0.2) is 25.0 Å². The van der Waals surface area contributed by atoms with Gasteiger partial charge in [0.25, 0.3) is 11.8 Å². The number of halogens is 2. The van der Waals surface area contributed by atoms with Gasteiger partial charge in [-0.05, 0) is 57.9 Å². The average Bonchev–Trinajstić information content (AvgIpc) is 2.58. The zero-order valence-corrected chi connectivity index (χ0v) is 16.6. The molecule has 4 amide bonds. The summed E-state index contributed by atoms with van der Waals surface area (Å²) in [5, 5.41) is 2.19. The number of carbonyl (C=O) groups excluding carboxylic acids is 3. The molecule has 26 heavy (non-hydrogen) atoms. The van der Waals surface area contributed by atoms with Crippen LogP contribution in [0.4, 0.5) is 10.5 Å². The molecule has 1 aliphatic rings. The van der Waals surface area contributed by atoms with Crippen LogP contribution in [0.5, 0.6) is 5.75 Å². The van der Waals surface area contributed by atoms with Crippen LogP contribution < -0.4 is 15.0 Å². The summed E-state index contributed by atoms with van der Waals surface area (Å²) in [6.07, 6.45) is 1.43. The summed E-state index contributed by atoms with van der Waals surface area (Å²) in [4.78, 5) is 38.1. The Morgan fingerprint density at radius 1 is 1.08 bits per heavy atom. The number of nitrogens with one attached hydrogen (secondary N) is 1. The molecular formula is C18H12Br2N2O4. The van der Waals surface area contributed by atoms with Crippen molar-refractivity contribution in [2.75, 3.05) is 12.0 Å².